The molecule has 1 amide bonds. The fraction of sp³-hybridized carbons (Fsp3) is 0.438. The Kier molecular flexibility index (Phi) is 6.76. The van der Waals surface area contributed by atoms with Crippen LogP contribution < -0.4 is 10.1 Å². The minimum atomic E-state index is -3.06. The molecule has 0 aliphatic heterocycles. The molecule has 0 fully saturated rings. The molecule has 0 aliphatic carbocycles. The first-order chi connectivity index (χ1) is 10.7. The van der Waals surface area contributed by atoms with Gasteiger partial charge in [-0.3, -0.25) is 0 Å². The molecule has 0 saturated carbocycles. The highest BCUT2D eigenvalue weighted by Crippen LogP contribution is 2.21. The van der Waals surface area contributed by atoms with Crippen LogP contribution in [0, 0.1) is 17.7 Å². The predicted octanol–water partition coefficient (Wildman–Crippen LogP) is 3.69. The highest BCUT2D eigenvalue weighted by molar-refractivity contribution is 5.67. The number of benzene rings is 1. The molecule has 0 aliphatic rings. The molecule has 4 nitrogen and oxygen atoms in total. The Morgan fingerprint density at radius 3 is 2.65 bits per heavy atom. The molecule has 0 bridgehead atoms. The summed E-state index contributed by atoms with van der Waals surface area (Å²) in [6.45, 7) is 2.39. The molecule has 23 heavy (non-hydrogen) atoms. The van der Waals surface area contributed by atoms with Crippen LogP contribution >= 0.6 is 0 Å². The first kappa shape index (κ1) is 18.7. The van der Waals surface area contributed by atoms with Crippen molar-refractivity contribution in [3.05, 3.63) is 29.6 Å². The monoisotopic (exact) mass is 329 g/mol. The largest absolute Gasteiger partial charge is 0.444 e. The number of ether oxygens (including phenoxy) is 2. The van der Waals surface area contributed by atoms with Crippen LogP contribution in [-0.2, 0) is 4.74 Å². The molecule has 1 N–H and O–H groups in total. The molecule has 0 aromatic heterocycles. The van der Waals surface area contributed by atoms with Crippen LogP contribution in [0.4, 0.5) is 18.0 Å². The van der Waals surface area contributed by atoms with Crippen molar-refractivity contribution in [3.8, 4) is 17.6 Å². The van der Waals surface area contributed by atoms with Crippen molar-refractivity contribution in [2.24, 2.45) is 0 Å². The van der Waals surface area contributed by atoms with Gasteiger partial charge in [-0.25, -0.2) is 9.18 Å². The summed E-state index contributed by atoms with van der Waals surface area (Å²) in [6, 6.07) is 3.19. The maximum Gasteiger partial charge on any atom is 0.407 e. The molecule has 1 aromatic rings. The lowest BCUT2D eigenvalue weighted by atomic mass is 10.2. The van der Waals surface area contributed by atoms with Crippen molar-refractivity contribution in [2.75, 3.05) is 6.54 Å². The van der Waals surface area contributed by atoms with Gasteiger partial charge < -0.3 is 14.8 Å². The van der Waals surface area contributed by atoms with Crippen LogP contribution in [0.5, 0.6) is 5.75 Å². The van der Waals surface area contributed by atoms with Gasteiger partial charge in [-0.1, -0.05) is 11.8 Å². The van der Waals surface area contributed by atoms with E-state index in [-0.39, 0.29) is 24.3 Å². The standard InChI is InChI=1S/C16H18F3NO3/c1-16(2,3)23-15(21)20-9-5-4-6-11-7-8-12(17)10-13(11)22-14(18)19/h7-8,10,14H,5,9H2,1-3H3,(H,20,21). The average Bonchev–Trinajstić information content (AvgIpc) is 2.37. The number of carbonyl (C=O) groups is 1. The molecular weight excluding hydrogens is 311 g/mol. The van der Waals surface area contributed by atoms with Crippen LogP contribution in [0.1, 0.15) is 32.8 Å². The third kappa shape index (κ3) is 8.00. The fourth-order valence-electron chi connectivity index (χ4n) is 1.49. The second-order valence-electron chi connectivity index (χ2n) is 5.50. The quantitative estimate of drug-likeness (QED) is 0.677. The number of rotatable bonds is 4. The van der Waals surface area contributed by atoms with E-state index in [1.165, 1.54) is 6.07 Å². The first-order valence-electron chi connectivity index (χ1n) is 6.87. The molecule has 0 unspecified atom stereocenters. The van der Waals surface area contributed by atoms with Crippen LogP contribution in [0.2, 0.25) is 0 Å². The molecule has 126 valence electrons. The van der Waals surface area contributed by atoms with Gasteiger partial charge in [-0.05, 0) is 32.9 Å². The van der Waals surface area contributed by atoms with E-state index in [9.17, 15) is 18.0 Å². The van der Waals surface area contributed by atoms with Gasteiger partial charge in [0.1, 0.15) is 17.2 Å². The minimum absolute atomic E-state index is 0.143. The van der Waals surface area contributed by atoms with E-state index in [1.54, 1.807) is 20.8 Å². The fourth-order valence-corrected chi connectivity index (χ4v) is 1.49. The molecule has 0 atom stereocenters. The number of hydrogen-bond donors (Lipinski definition) is 1. The zero-order valence-electron chi connectivity index (χ0n) is 13.1. The lowest BCUT2D eigenvalue weighted by Gasteiger charge is -2.19. The summed E-state index contributed by atoms with van der Waals surface area (Å²) in [5.74, 6) is 4.26. The van der Waals surface area contributed by atoms with Gasteiger partial charge >= 0.3 is 12.7 Å². The van der Waals surface area contributed by atoms with E-state index in [1.807, 2.05) is 0 Å². The Labute approximate surface area is 133 Å². The van der Waals surface area contributed by atoms with Crippen molar-refractivity contribution in [3.63, 3.8) is 0 Å². The summed E-state index contributed by atoms with van der Waals surface area (Å²) in [5, 5.41) is 2.51. The summed E-state index contributed by atoms with van der Waals surface area (Å²) in [7, 11) is 0. The van der Waals surface area contributed by atoms with E-state index in [0.29, 0.717) is 0 Å². The maximum absolute atomic E-state index is 13.0. The molecule has 0 spiro atoms. The van der Waals surface area contributed by atoms with Crippen molar-refractivity contribution >= 4 is 6.09 Å². The van der Waals surface area contributed by atoms with Crippen molar-refractivity contribution < 1.29 is 27.4 Å². The Morgan fingerprint density at radius 1 is 1.35 bits per heavy atom. The molecule has 0 heterocycles. The summed E-state index contributed by atoms with van der Waals surface area (Å²) < 4.78 is 46.8. The van der Waals surface area contributed by atoms with E-state index in [4.69, 9.17) is 4.74 Å². The van der Waals surface area contributed by atoms with Gasteiger partial charge in [0.05, 0.1) is 5.56 Å². The van der Waals surface area contributed by atoms with E-state index >= 15 is 0 Å². The van der Waals surface area contributed by atoms with E-state index < -0.39 is 24.1 Å². The Bertz CT molecular complexity index is 601. The molecule has 1 rings (SSSR count). The van der Waals surface area contributed by atoms with Crippen LogP contribution in [-0.4, -0.2) is 24.9 Å². The summed E-state index contributed by atoms with van der Waals surface area (Å²) in [4.78, 5) is 11.4. The van der Waals surface area contributed by atoms with Crippen LogP contribution in [0.3, 0.4) is 0 Å². The third-order valence-corrected chi connectivity index (χ3v) is 2.30. The van der Waals surface area contributed by atoms with E-state index in [0.717, 1.165) is 12.1 Å². The normalized spacial score (nSPS) is 10.7. The SMILES string of the molecule is CC(C)(C)OC(=O)NCCC#Cc1ccc(F)cc1OC(F)F. The predicted molar refractivity (Wildman–Crippen MR) is 78.8 cm³/mol. The van der Waals surface area contributed by atoms with Gasteiger partial charge in [-0.15, -0.1) is 0 Å². The zero-order valence-corrected chi connectivity index (χ0v) is 13.1. The topological polar surface area (TPSA) is 47.6 Å². The number of nitrogens with one attached hydrogen (secondary N) is 1. The van der Waals surface area contributed by atoms with Crippen LogP contribution in [0.15, 0.2) is 18.2 Å². The molecular formula is C16H18F3NO3. The molecule has 0 saturated heterocycles. The van der Waals surface area contributed by atoms with Gasteiger partial charge in [0, 0.05) is 19.0 Å². The van der Waals surface area contributed by atoms with Crippen molar-refractivity contribution in [1.82, 2.24) is 5.32 Å². The third-order valence-electron chi connectivity index (χ3n) is 2.30. The van der Waals surface area contributed by atoms with Crippen molar-refractivity contribution in [2.45, 2.75) is 39.4 Å². The average molecular weight is 329 g/mol. The Hall–Kier alpha value is -2.36. The lowest BCUT2D eigenvalue weighted by molar-refractivity contribution is -0.0501. The van der Waals surface area contributed by atoms with Gasteiger partial charge in [-0.2, -0.15) is 8.78 Å². The Morgan fingerprint density at radius 2 is 2.04 bits per heavy atom. The van der Waals surface area contributed by atoms with Crippen molar-refractivity contribution in [1.29, 1.82) is 0 Å². The number of carbonyl (C=O) groups excluding carboxylic acids is 1. The first-order valence-corrected chi connectivity index (χ1v) is 6.87. The summed E-state index contributed by atoms with van der Waals surface area (Å²) in [5.41, 5.74) is -0.449. The number of alkyl carbamates (subject to hydrolysis) is 1. The second kappa shape index (κ2) is 8.32. The Balaban J connectivity index is 2.55. The van der Waals surface area contributed by atoms with Gasteiger partial charge in [0.25, 0.3) is 0 Å². The maximum atomic E-state index is 13.0. The second-order valence-corrected chi connectivity index (χ2v) is 5.50. The summed E-state index contributed by atoms with van der Waals surface area (Å²) >= 11 is 0. The minimum Gasteiger partial charge on any atom is -0.444 e. The highest BCUT2D eigenvalue weighted by atomic mass is 19.3. The van der Waals surface area contributed by atoms with Crippen LogP contribution in [0.25, 0.3) is 0 Å². The molecule has 1 aromatic carbocycles. The van der Waals surface area contributed by atoms with E-state index in [2.05, 4.69) is 21.9 Å². The number of alkyl halides is 2. The van der Waals surface area contributed by atoms with Gasteiger partial charge in [0.2, 0.25) is 0 Å². The number of hydrogen-bond acceptors (Lipinski definition) is 3. The molecule has 0 radical (unpaired) electrons. The zero-order chi connectivity index (χ0) is 17.5. The smallest absolute Gasteiger partial charge is 0.407 e. The summed E-state index contributed by atoms with van der Waals surface area (Å²) in [6.07, 6.45) is -0.298. The highest BCUT2D eigenvalue weighted by Gasteiger charge is 2.15. The lowest BCUT2D eigenvalue weighted by Crippen LogP contribution is -2.32. The van der Waals surface area contributed by atoms with Gasteiger partial charge in [0.15, 0.2) is 0 Å². The number of amides is 1. The number of halogens is 3. The molecule has 7 heteroatoms.